The highest BCUT2D eigenvalue weighted by Gasteiger charge is 2.47. The van der Waals surface area contributed by atoms with E-state index in [9.17, 15) is 0 Å². The van der Waals surface area contributed by atoms with Crippen molar-refractivity contribution in [2.45, 2.75) is 63.4 Å². The molecule has 552 valence electrons. The zero-order valence-corrected chi connectivity index (χ0v) is 64.9. The first kappa shape index (κ1) is 71.5. The van der Waals surface area contributed by atoms with E-state index in [1.807, 2.05) is 0 Å². The van der Waals surface area contributed by atoms with Gasteiger partial charge in [-0.2, -0.15) is 0 Å². The second-order valence-electron chi connectivity index (χ2n) is 31.0. The lowest BCUT2D eigenvalue weighted by Crippen LogP contribution is -2.28. The maximum atomic E-state index is 6.80. The van der Waals surface area contributed by atoms with Gasteiger partial charge in [0.15, 0.2) is 0 Å². The van der Waals surface area contributed by atoms with Gasteiger partial charge in [-0.1, -0.05) is 341 Å². The highest BCUT2D eigenvalue weighted by molar-refractivity contribution is 5.92. The molecule has 3 nitrogen and oxygen atoms in total. The Hall–Kier alpha value is -13.9. The molecule has 0 saturated heterocycles. The van der Waals surface area contributed by atoms with Crippen LogP contribution in [0.3, 0.4) is 0 Å². The van der Waals surface area contributed by atoms with E-state index in [4.69, 9.17) is 4.74 Å². The Morgan fingerprint density at radius 1 is 0.278 bits per heavy atom. The van der Waals surface area contributed by atoms with Gasteiger partial charge in [0.05, 0.1) is 5.41 Å². The lowest BCUT2D eigenvalue weighted by Gasteiger charge is -2.34. The average Bonchev–Trinajstić information content (AvgIpc) is 1.54. The van der Waals surface area contributed by atoms with Crippen LogP contribution in [0.5, 0.6) is 5.75 Å². The van der Waals surface area contributed by atoms with Crippen LogP contribution in [-0.2, 0) is 24.9 Å². The summed E-state index contributed by atoms with van der Waals surface area (Å²) in [4.78, 5) is 4.74. The third-order valence-corrected chi connectivity index (χ3v) is 24.2. The molecular formula is C112H88N2O. The fourth-order valence-corrected chi connectivity index (χ4v) is 17.7. The molecule has 3 heteroatoms. The minimum absolute atomic E-state index is 0.432. The zero-order valence-electron chi connectivity index (χ0n) is 64.9. The lowest BCUT2D eigenvalue weighted by molar-refractivity contribution is 0.306. The smallest absolute Gasteiger partial charge is 0.119 e. The molecule has 115 heavy (non-hydrogen) atoms. The predicted molar refractivity (Wildman–Crippen MR) is 482 cm³/mol. The number of fused-ring (bicyclic) bond motifs is 4. The molecule has 0 aliphatic heterocycles. The molecule has 0 saturated carbocycles. The van der Waals surface area contributed by atoms with Gasteiger partial charge in [0.25, 0.3) is 0 Å². The summed E-state index contributed by atoms with van der Waals surface area (Å²) in [7, 11) is 0. The Balaban J connectivity index is 0.658. The van der Waals surface area contributed by atoms with Crippen molar-refractivity contribution >= 4 is 34.1 Å². The van der Waals surface area contributed by atoms with E-state index in [0.29, 0.717) is 18.4 Å². The van der Waals surface area contributed by atoms with Crippen molar-refractivity contribution in [3.63, 3.8) is 0 Å². The van der Waals surface area contributed by atoms with Crippen LogP contribution < -0.4 is 14.5 Å². The number of rotatable bonds is 23. The third-order valence-electron chi connectivity index (χ3n) is 24.2. The van der Waals surface area contributed by atoms with Crippen molar-refractivity contribution in [1.82, 2.24) is 0 Å². The first-order valence-corrected chi connectivity index (χ1v) is 40.6. The first-order valence-electron chi connectivity index (χ1n) is 40.6. The predicted octanol–water partition coefficient (Wildman–Crippen LogP) is 30.0. The van der Waals surface area contributed by atoms with E-state index in [1.54, 1.807) is 0 Å². The van der Waals surface area contributed by atoms with Crippen LogP contribution in [0.15, 0.2) is 425 Å². The summed E-state index contributed by atoms with van der Waals surface area (Å²) in [6, 6.07) is 157. The Morgan fingerprint density at radius 3 is 0.939 bits per heavy atom. The summed E-state index contributed by atoms with van der Waals surface area (Å²) in [5.41, 5.74) is 36.5. The fraction of sp³-hybridized carbons (Fsp3) is 0.0893. The minimum Gasteiger partial charge on any atom is -0.489 e. The molecule has 0 amide bonds. The standard InChI is InChI=1S/C112H88N2O/c1-3-80(73-78(2)81-33-35-91(36-34-81)95-39-37-92-38-40-96(92)74-95)86-31-29-79(30-32-86)77-115-107-69-55-100(56-70-107)112(99-27-17-8-18-28-99)110-75-97(93-49-65-105(66-50-93)113(101-57-41-87(42-58-101)82-19-9-4-10-20-82)102-59-43-88(44-60-102)83-21-11-5-12-22-83)53-71-108(110)109-72-54-98(76-111(109)112)94-51-67-106(68-52-94)114(103-61-45-89(46-62-103)84-23-13-6-14-24-84)104-63-47-90(48-64-104)85-25-15-7-16-26-85/h4-37,39,41-72,74-76,78,80H,3,38,40,73,77H2,1-2H3. The van der Waals surface area contributed by atoms with Crippen LogP contribution in [-0.4, -0.2) is 0 Å². The lowest BCUT2D eigenvalue weighted by atomic mass is 9.67. The van der Waals surface area contributed by atoms with Crippen LogP contribution in [0.4, 0.5) is 34.1 Å². The van der Waals surface area contributed by atoms with Gasteiger partial charge in [0.1, 0.15) is 12.4 Å². The molecular weight excluding hydrogens is 1390 g/mol. The molecule has 17 aromatic rings. The van der Waals surface area contributed by atoms with Gasteiger partial charge in [-0.15, -0.1) is 0 Å². The Bertz CT molecular complexity index is 5760. The fourth-order valence-electron chi connectivity index (χ4n) is 17.7. The van der Waals surface area contributed by atoms with Gasteiger partial charge in [-0.05, 0) is 274 Å². The van der Waals surface area contributed by atoms with Gasteiger partial charge in [0.2, 0.25) is 0 Å². The van der Waals surface area contributed by atoms with E-state index in [-0.39, 0.29) is 0 Å². The summed E-state index contributed by atoms with van der Waals surface area (Å²) in [6.45, 7) is 5.18. The molecule has 0 heterocycles. The molecule has 19 rings (SSSR count). The van der Waals surface area contributed by atoms with Gasteiger partial charge < -0.3 is 14.5 Å². The van der Waals surface area contributed by atoms with Crippen LogP contribution in [0.25, 0.3) is 89.0 Å². The molecule has 2 atom stereocenters. The number of anilines is 6. The molecule has 0 fully saturated rings. The SMILES string of the molecule is CCC(CC(C)c1ccc(-c2ccc3c(c2)CC3)cc1)c1ccc(COc2ccc(C3(c4ccccc4)c4cc(-c5ccc(N(c6ccc(-c7ccccc7)cc6)c6ccc(-c7ccccc7)cc6)cc5)ccc4-c4ccc(-c5ccc(N(c6ccc(-c7ccccc7)cc6)c6ccc(-c7ccccc7)cc6)cc5)cc43)cc2)cc1. The summed E-state index contributed by atoms with van der Waals surface area (Å²) in [5, 5.41) is 0. The third kappa shape index (κ3) is 14.4. The quantitative estimate of drug-likeness (QED) is 0.0635. The molecule has 0 bridgehead atoms. The number of benzene rings is 17. The minimum atomic E-state index is -0.741. The molecule has 2 aliphatic rings. The molecule has 0 aromatic heterocycles. The van der Waals surface area contributed by atoms with Crippen molar-refractivity contribution in [1.29, 1.82) is 0 Å². The van der Waals surface area contributed by atoms with Crippen LogP contribution in [0, 0.1) is 0 Å². The van der Waals surface area contributed by atoms with Crippen LogP contribution in [0.1, 0.15) is 88.6 Å². The van der Waals surface area contributed by atoms with Crippen molar-refractivity contribution in [3.05, 3.63) is 475 Å². The second-order valence-corrected chi connectivity index (χ2v) is 31.0. The van der Waals surface area contributed by atoms with Gasteiger partial charge >= 0.3 is 0 Å². The number of hydrogen-bond acceptors (Lipinski definition) is 3. The van der Waals surface area contributed by atoms with Gasteiger partial charge in [-0.25, -0.2) is 0 Å². The molecule has 0 N–H and O–H groups in total. The topological polar surface area (TPSA) is 15.7 Å². The number of ether oxygens (including phenoxy) is 1. The van der Waals surface area contributed by atoms with Crippen molar-refractivity contribution in [3.8, 4) is 94.8 Å². The first-order chi connectivity index (χ1) is 56.8. The zero-order chi connectivity index (χ0) is 77.0. The maximum absolute atomic E-state index is 6.80. The van der Waals surface area contributed by atoms with E-state index < -0.39 is 5.41 Å². The highest BCUT2D eigenvalue weighted by Crippen LogP contribution is 2.58. The second kappa shape index (κ2) is 31.7. The Morgan fingerprint density at radius 2 is 0.583 bits per heavy atom. The van der Waals surface area contributed by atoms with Crippen LogP contribution >= 0.6 is 0 Å². The monoisotopic (exact) mass is 1480 g/mol. The molecule has 2 unspecified atom stereocenters. The highest BCUT2D eigenvalue weighted by atomic mass is 16.5. The summed E-state index contributed by atoms with van der Waals surface area (Å²) in [5.74, 6) is 1.70. The molecule has 0 spiro atoms. The molecule has 0 radical (unpaired) electrons. The van der Waals surface area contributed by atoms with E-state index in [0.717, 1.165) is 86.1 Å². The van der Waals surface area contributed by atoms with E-state index >= 15 is 0 Å². The Labute approximate surface area is 677 Å². The number of hydrogen-bond donors (Lipinski definition) is 0. The molecule has 2 aliphatic carbocycles. The van der Waals surface area contributed by atoms with Crippen molar-refractivity contribution < 1.29 is 4.74 Å². The van der Waals surface area contributed by atoms with E-state index in [1.165, 1.54) is 119 Å². The summed E-state index contributed by atoms with van der Waals surface area (Å²) in [6.07, 6.45) is 4.58. The summed E-state index contributed by atoms with van der Waals surface area (Å²) < 4.78 is 6.80. The van der Waals surface area contributed by atoms with Crippen LogP contribution in [0.2, 0.25) is 0 Å². The Kier molecular flexibility index (Phi) is 19.7. The number of aryl methyl sites for hydroxylation is 2. The van der Waals surface area contributed by atoms with Crippen molar-refractivity contribution in [2.75, 3.05) is 9.80 Å². The maximum Gasteiger partial charge on any atom is 0.119 e. The summed E-state index contributed by atoms with van der Waals surface area (Å²) >= 11 is 0. The number of nitrogens with zero attached hydrogens (tertiary/aromatic N) is 2. The normalized spacial score (nSPS) is 12.8. The van der Waals surface area contributed by atoms with E-state index in [2.05, 4.69) is 448 Å². The van der Waals surface area contributed by atoms with Gasteiger partial charge in [-0.3, -0.25) is 0 Å². The average molecular weight is 1480 g/mol. The van der Waals surface area contributed by atoms with Crippen molar-refractivity contribution in [2.24, 2.45) is 0 Å². The van der Waals surface area contributed by atoms with Gasteiger partial charge in [0, 0.05) is 34.1 Å². The largest absolute Gasteiger partial charge is 0.489 e. The molecule has 17 aromatic carbocycles.